The van der Waals surface area contributed by atoms with Crippen LogP contribution in [0.3, 0.4) is 0 Å². The van der Waals surface area contributed by atoms with E-state index in [4.69, 9.17) is 26.1 Å². The van der Waals surface area contributed by atoms with E-state index in [-0.39, 0.29) is 31.3 Å². The van der Waals surface area contributed by atoms with Gasteiger partial charge in [0.2, 0.25) is 11.8 Å². The molecular weight excluding hydrogens is 576 g/mol. The Labute approximate surface area is 264 Å². The van der Waals surface area contributed by atoms with E-state index in [0.29, 0.717) is 40.9 Å². The topological polar surface area (TPSA) is 75.2 Å². The Hall–Kier alpha value is -3.62. The fourth-order valence-electron chi connectivity index (χ4n) is 6.68. The van der Waals surface area contributed by atoms with Gasteiger partial charge in [-0.05, 0) is 98.5 Å². The molecule has 2 amide bonds. The molecule has 9 heteroatoms. The third kappa shape index (κ3) is 6.57. The molecule has 0 bridgehead atoms. The highest BCUT2D eigenvalue weighted by Gasteiger charge is 2.36. The van der Waals surface area contributed by atoms with E-state index in [1.54, 1.807) is 4.90 Å². The molecule has 3 heterocycles. The van der Waals surface area contributed by atoms with Crippen LogP contribution >= 0.6 is 11.6 Å². The van der Waals surface area contributed by atoms with Crippen molar-refractivity contribution in [1.82, 2.24) is 9.88 Å². The zero-order chi connectivity index (χ0) is 30.8. The molecule has 0 radical (unpaired) electrons. The summed E-state index contributed by atoms with van der Waals surface area (Å²) in [5.74, 6) is 2.18. The van der Waals surface area contributed by atoms with Crippen LogP contribution in [0.2, 0.25) is 5.02 Å². The SMILES string of the molecule is CC(C)OCOc1ccc2c(c1)[C@H](c1ccc(Cl)cc1)N(c1ccc(N(C)CC3CCC(N4CCC4=O)CC3)cn1)C(=O)C2. The number of likely N-dealkylation sites (tertiary alicyclic amines) is 1. The molecule has 1 saturated carbocycles. The molecule has 8 nitrogen and oxygen atoms in total. The number of ether oxygens (including phenoxy) is 2. The molecular formula is C35H41ClN4O4. The number of β-lactam (4-membered cyclic amide) rings is 1. The second-order valence-electron chi connectivity index (χ2n) is 12.5. The van der Waals surface area contributed by atoms with Gasteiger partial charge in [-0.15, -0.1) is 0 Å². The van der Waals surface area contributed by atoms with Crippen LogP contribution in [0.4, 0.5) is 11.5 Å². The van der Waals surface area contributed by atoms with E-state index in [1.165, 1.54) is 0 Å². The number of carbonyl (C=O) groups is 2. The van der Waals surface area contributed by atoms with E-state index >= 15 is 0 Å². The maximum absolute atomic E-state index is 13.7. The van der Waals surface area contributed by atoms with E-state index in [0.717, 1.165) is 61.2 Å². The van der Waals surface area contributed by atoms with E-state index in [9.17, 15) is 9.59 Å². The molecule has 1 saturated heterocycles. The van der Waals surface area contributed by atoms with E-state index < -0.39 is 0 Å². The van der Waals surface area contributed by atoms with Crippen LogP contribution in [0, 0.1) is 5.92 Å². The molecule has 0 unspecified atom stereocenters. The average Bonchev–Trinajstić information content (AvgIpc) is 3.01. The Balaban J connectivity index is 1.20. The number of carbonyl (C=O) groups excluding carboxylic acids is 2. The lowest BCUT2D eigenvalue weighted by molar-refractivity contribution is -0.144. The fourth-order valence-corrected chi connectivity index (χ4v) is 6.80. The van der Waals surface area contributed by atoms with Gasteiger partial charge in [0.15, 0.2) is 6.79 Å². The van der Waals surface area contributed by atoms with Gasteiger partial charge in [-0.2, -0.15) is 0 Å². The number of fused-ring (bicyclic) bond motifs is 1. The van der Waals surface area contributed by atoms with Crippen molar-refractivity contribution in [3.63, 3.8) is 0 Å². The van der Waals surface area contributed by atoms with E-state index in [1.807, 2.05) is 68.6 Å². The minimum atomic E-state index is -0.386. The molecule has 1 atom stereocenters. The third-order valence-electron chi connectivity index (χ3n) is 9.19. The van der Waals surface area contributed by atoms with Gasteiger partial charge >= 0.3 is 0 Å². The molecule has 232 valence electrons. The molecule has 2 fully saturated rings. The van der Waals surface area contributed by atoms with Gasteiger partial charge in [-0.3, -0.25) is 14.5 Å². The number of amides is 2. The summed E-state index contributed by atoms with van der Waals surface area (Å²) in [6.07, 6.45) is 7.35. The highest BCUT2D eigenvalue weighted by molar-refractivity contribution is 6.30. The second-order valence-corrected chi connectivity index (χ2v) is 12.9. The molecule has 3 aliphatic rings. The number of benzene rings is 2. The summed E-state index contributed by atoms with van der Waals surface area (Å²) in [5, 5.41) is 0.638. The number of rotatable bonds is 10. The molecule has 0 N–H and O–H groups in total. The standard InChI is InChI=1S/C35H41ClN4O4/c1-23(2)43-22-44-30-14-8-26-18-34(42)40(35(31(26)19-30)25-6-9-27(36)10-7-25)32-15-13-29(20-37-32)38(3)21-24-4-11-28(12-5-24)39-17-16-33(39)41/h6-10,13-15,19-20,23-24,28,35H,4-5,11-12,16-18,21-22H2,1-3H3/t24?,28?,35-/m0/s1. The highest BCUT2D eigenvalue weighted by Crippen LogP contribution is 2.40. The Morgan fingerprint density at radius 2 is 1.77 bits per heavy atom. The van der Waals surface area contributed by atoms with Crippen molar-refractivity contribution in [2.75, 3.05) is 36.7 Å². The van der Waals surface area contributed by atoms with Gasteiger partial charge in [-0.1, -0.05) is 29.8 Å². The van der Waals surface area contributed by atoms with Crippen LogP contribution in [0.1, 0.15) is 68.7 Å². The Morgan fingerprint density at radius 3 is 2.41 bits per heavy atom. The van der Waals surface area contributed by atoms with Crippen LogP contribution < -0.4 is 14.5 Å². The predicted octanol–water partition coefficient (Wildman–Crippen LogP) is 6.40. The summed E-state index contributed by atoms with van der Waals surface area (Å²) in [7, 11) is 2.10. The molecule has 2 aromatic carbocycles. The summed E-state index contributed by atoms with van der Waals surface area (Å²) >= 11 is 6.25. The first-order chi connectivity index (χ1) is 21.3. The first-order valence-electron chi connectivity index (χ1n) is 15.7. The molecule has 3 aromatic rings. The lowest BCUT2D eigenvalue weighted by Crippen LogP contribution is -2.51. The molecule has 0 spiro atoms. The Bertz CT molecular complexity index is 1470. The Kier molecular flexibility index (Phi) is 9.10. The molecule has 6 rings (SSSR count). The highest BCUT2D eigenvalue weighted by atomic mass is 35.5. The monoisotopic (exact) mass is 616 g/mol. The second kappa shape index (κ2) is 13.2. The van der Waals surface area contributed by atoms with Crippen LogP contribution in [0.15, 0.2) is 60.8 Å². The molecule has 2 aliphatic heterocycles. The normalized spacial score (nSPS) is 21.7. The summed E-state index contributed by atoms with van der Waals surface area (Å²) in [4.78, 5) is 36.5. The average molecular weight is 617 g/mol. The molecule has 1 aromatic heterocycles. The first kappa shape index (κ1) is 30.4. The number of halogens is 1. The van der Waals surface area contributed by atoms with Crippen LogP contribution in [-0.2, 0) is 20.7 Å². The summed E-state index contributed by atoms with van der Waals surface area (Å²) < 4.78 is 11.5. The van der Waals surface area contributed by atoms with Crippen molar-refractivity contribution >= 4 is 34.9 Å². The summed E-state index contributed by atoms with van der Waals surface area (Å²) in [6, 6.07) is 17.5. The van der Waals surface area contributed by atoms with Crippen molar-refractivity contribution in [2.24, 2.45) is 5.92 Å². The lowest BCUT2D eigenvalue weighted by Gasteiger charge is -2.42. The number of hydrogen-bond acceptors (Lipinski definition) is 6. The van der Waals surface area contributed by atoms with Crippen LogP contribution in [0.5, 0.6) is 5.75 Å². The number of anilines is 2. The summed E-state index contributed by atoms with van der Waals surface area (Å²) in [5.41, 5.74) is 3.92. The van der Waals surface area contributed by atoms with Crippen molar-refractivity contribution in [1.29, 1.82) is 0 Å². The van der Waals surface area contributed by atoms with Crippen LogP contribution in [0.25, 0.3) is 0 Å². The fraction of sp³-hybridized carbons (Fsp3) is 0.457. The van der Waals surface area contributed by atoms with Crippen molar-refractivity contribution < 1.29 is 19.1 Å². The zero-order valence-corrected chi connectivity index (χ0v) is 26.5. The third-order valence-corrected chi connectivity index (χ3v) is 9.44. The molecule has 1 aliphatic carbocycles. The lowest BCUT2D eigenvalue weighted by atomic mass is 9.84. The van der Waals surface area contributed by atoms with Gasteiger partial charge in [0.1, 0.15) is 11.6 Å². The van der Waals surface area contributed by atoms with Crippen molar-refractivity contribution in [3.8, 4) is 5.75 Å². The van der Waals surface area contributed by atoms with Gasteiger partial charge in [-0.25, -0.2) is 4.98 Å². The largest absolute Gasteiger partial charge is 0.468 e. The van der Waals surface area contributed by atoms with Gasteiger partial charge in [0, 0.05) is 37.6 Å². The van der Waals surface area contributed by atoms with Crippen molar-refractivity contribution in [2.45, 2.75) is 70.6 Å². The summed E-state index contributed by atoms with van der Waals surface area (Å²) in [6.45, 7) is 5.96. The maximum Gasteiger partial charge on any atom is 0.233 e. The minimum absolute atomic E-state index is 0.0136. The van der Waals surface area contributed by atoms with Gasteiger partial charge < -0.3 is 19.3 Å². The van der Waals surface area contributed by atoms with Crippen LogP contribution in [-0.4, -0.2) is 60.8 Å². The number of nitrogens with zero attached hydrogens (tertiary/aromatic N) is 4. The predicted molar refractivity (Wildman–Crippen MR) is 172 cm³/mol. The number of aromatic nitrogens is 1. The maximum atomic E-state index is 13.7. The van der Waals surface area contributed by atoms with Gasteiger partial charge in [0.05, 0.1) is 30.5 Å². The van der Waals surface area contributed by atoms with Gasteiger partial charge in [0.25, 0.3) is 0 Å². The Morgan fingerprint density at radius 1 is 1.00 bits per heavy atom. The van der Waals surface area contributed by atoms with E-state index in [2.05, 4.69) is 22.9 Å². The molecule has 44 heavy (non-hydrogen) atoms. The number of hydrogen-bond donors (Lipinski definition) is 0. The first-order valence-corrected chi connectivity index (χ1v) is 16.1. The smallest absolute Gasteiger partial charge is 0.233 e. The number of pyridine rings is 1. The quantitative estimate of drug-likeness (QED) is 0.194. The zero-order valence-electron chi connectivity index (χ0n) is 25.7. The van der Waals surface area contributed by atoms with Crippen molar-refractivity contribution in [3.05, 3.63) is 82.5 Å². The minimum Gasteiger partial charge on any atom is -0.468 e.